The molecule has 0 unspecified atom stereocenters. The summed E-state index contributed by atoms with van der Waals surface area (Å²) < 4.78 is 0. The number of hydrogen-bond donors (Lipinski definition) is 2. The van der Waals surface area contributed by atoms with Crippen LogP contribution < -0.4 is 5.32 Å². The highest BCUT2D eigenvalue weighted by Gasteiger charge is 2.20. The van der Waals surface area contributed by atoms with E-state index in [4.69, 9.17) is 5.11 Å². The summed E-state index contributed by atoms with van der Waals surface area (Å²) in [5.74, 6) is -0.836. The fourth-order valence-corrected chi connectivity index (χ4v) is 3.54. The van der Waals surface area contributed by atoms with Crippen LogP contribution in [-0.2, 0) is 27.2 Å². The van der Waals surface area contributed by atoms with E-state index in [0.29, 0.717) is 30.7 Å². The molecular formula is C22H25NO4S. The van der Waals surface area contributed by atoms with Gasteiger partial charge >= 0.3 is 5.97 Å². The topological polar surface area (TPSA) is 83.5 Å². The fourth-order valence-electron chi connectivity index (χ4n) is 2.84. The number of carbonyl (C=O) groups excluding carboxylic acids is 2. The number of hydrogen-bond acceptors (Lipinski definition) is 4. The zero-order valence-electron chi connectivity index (χ0n) is 15.9. The first-order valence-electron chi connectivity index (χ1n) is 9.23. The molecule has 0 aliphatic heterocycles. The first kappa shape index (κ1) is 21.7. The molecule has 0 bridgehead atoms. The Morgan fingerprint density at radius 2 is 1.75 bits per heavy atom. The van der Waals surface area contributed by atoms with Crippen molar-refractivity contribution in [2.75, 3.05) is 11.1 Å². The Hall–Kier alpha value is -2.60. The second kappa shape index (κ2) is 11.3. The number of anilines is 1. The van der Waals surface area contributed by atoms with Crippen LogP contribution in [0.4, 0.5) is 5.69 Å². The Bertz CT molecular complexity index is 807. The van der Waals surface area contributed by atoms with Gasteiger partial charge in [-0.1, -0.05) is 54.2 Å². The molecule has 148 valence electrons. The van der Waals surface area contributed by atoms with Crippen LogP contribution in [0, 0.1) is 5.92 Å². The van der Waals surface area contributed by atoms with Crippen LogP contribution in [-0.4, -0.2) is 27.9 Å². The average molecular weight is 400 g/mol. The van der Waals surface area contributed by atoms with Crippen molar-refractivity contribution in [3.63, 3.8) is 0 Å². The molecule has 2 aromatic carbocycles. The quantitative estimate of drug-likeness (QED) is 0.626. The number of nitrogens with one attached hydrogen (secondary N) is 1. The smallest absolute Gasteiger partial charge is 0.303 e. The van der Waals surface area contributed by atoms with Gasteiger partial charge in [0.2, 0.25) is 5.91 Å². The molecule has 0 saturated heterocycles. The van der Waals surface area contributed by atoms with Gasteiger partial charge in [0.05, 0.1) is 5.92 Å². The predicted molar refractivity (Wildman–Crippen MR) is 112 cm³/mol. The van der Waals surface area contributed by atoms with E-state index < -0.39 is 5.97 Å². The molecule has 0 aromatic heterocycles. The minimum Gasteiger partial charge on any atom is -0.481 e. The molecule has 0 fully saturated rings. The normalized spacial score (nSPS) is 11.6. The molecule has 28 heavy (non-hydrogen) atoms. The van der Waals surface area contributed by atoms with E-state index in [1.54, 1.807) is 0 Å². The monoisotopic (exact) mass is 399 g/mol. The first-order chi connectivity index (χ1) is 13.4. The highest BCUT2D eigenvalue weighted by molar-refractivity contribution is 8.13. The predicted octanol–water partition coefficient (Wildman–Crippen LogP) is 4.17. The third-order valence-electron chi connectivity index (χ3n) is 4.23. The lowest BCUT2D eigenvalue weighted by molar-refractivity contribution is -0.137. The van der Waals surface area contributed by atoms with E-state index in [9.17, 15) is 14.4 Å². The zero-order valence-corrected chi connectivity index (χ0v) is 16.7. The third kappa shape index (κ3) is 7.96. The Morgan fingerprint density at radius 3 is 2.43 bits per heavy atom. The van der Waals surface area contributed by atoms with Crippen molar-refractivity contribution in [1.29, 1.82) is 0 Å². The van der Waals surface area contributed by atoms with Crippen LogP contribution in [0.1, 0.15) is 30.9 Å². The van der Waals surface area contributed by atoms with Gasteiger partial charge in [0.15, 0.2) is 5.12 Å². The van der Waals surface area contributed by atoms with Gasteiger partial charge in [-0.25, -0.2) is 0 Å². The van der Waals surface area contributed by atoms with E-state index >= 15 is 0 Å². The van der Waals surface area contributed by atoms with E-state index in [2.05, 4.69) is 5.32 Å². The van der Waals surface area contributed by atoms with Gasteiger partial charge < -0.3 is 10.4 Å². The largest absolute Gasteiger partial charge is 0.481 e. The number of carboxylic acids is 1. The van der Waals surface area contributed by atoms with E-state index in [0.717, 1.165) is 22.9 Å². The van der Waals surface area contributed by atoms with Crippen molar-refractivity contribution < 1.29 is 19.5 Å². The van der Waals surface area contributed by atoms with E-state index in [1.807, 2.05) is 54.6 Å². The summed E-state index contributed by atoms with van der Waals surface area (Å²) in [6.07, 6.45) is 1.88. The maximum atomic E-state index is 12.8. The van der Waals surface area contributed by atoms with Crippen LogP contribution in [0.3, 0.4) is 0 Å². The first-order valence-corrected chi connectivity index (χ1v) is 10.2. The highest BCUT2D eigenvalue weighted by Crippen LogP contribution is 2.19. The molecule has 0 aliphatic rings. The molecule has 0 heterocycles. The molecule has 2 rings (SSSR count). The summed E-state index contributed by atoms with van der Waals surface area (Å²) in [6, 6.07) is 17.2. The maximum Gasteiger partial charge on any atom is 0.303 e. The number of rotatable bonds is 10. The second-order valence-corrected chi connectivity index (χ2v) is 7.82. The minimum absolute atomic E-state index is 0.00807. The maximum absolute atomic E-state index is 12.8. The molecule has 0 radical (unpaired) electrons. The summed E-state index contributed by atoms with van der Waals surface area (Å²) in [5.41, 5.74) is 2.72. The number of aryl methyl sites for hydroxylation is 1. The molecule has 0 saturated carbocycles. The van der Waals surface area contributed by atoms with Crippen molar-refractivity contribution >= 4 is 34.4 Å². The average Bonchev–Trinajstić information content (AvgIpc) is 2.65. The molecule has 0 spiro atoms. The number of carbonyl (C=O) groups is 3. The highest BCUT2D eigenvalue weighted by atomic mass is 32.2. The van der Waals surface area contributed by atoms with E-state index in [1.165, 1.54) is 6.92 Å². The van der Waals surface area contributed by atoms with Gasteiger partial charge in [-0.3, -0.25) is 14.4 Å². The summed E-state index contributed by atoms with van der Waals surface area (Å²) in [7, 11) is 0. The van der Waals surface area contributed by atoms with Crippen LogP contribution in [0.2, 0.25) is 0 Å². The Kier molecular flexibility index (Phi) is 8.75. The summed E-state index contributed by atoms with van der Waals surface area (Å²) in [6.45, 7) is 1.50. The van der Waals surface area contributed by atoms with Crippen LogP contribution in [0.25, 0.3) is 0 Å². The van der Waals surface area contributed by atoms with Crippen molar-refractivity contribution in [2.45, 2.75) is 32.6 Å². The lowest BCUT2D eigenvalue weighted by Gasteiger charge is -2.16. The Morgan fingerprint density at radius 1 is 1.04 bits per heavy atom. The van der Waals surface area contributed by atoms with E-state index in [-0.39, 0.29) is 23.4 Å². The summed E-state index contributed by atoms with van der Waals surface area (Å²) in [4.78, 5) is 34.8. The fraction of sp³-hybridized carbons (Fsp3) is 0.318. The number of carboxylic acid groups (broad SMARTS) is 1. The Balaban J connectivity index is 2.02. The summed E-state index contributed by atoms with van der Waals surface area (Å²) >= 11 is 1.16. The molecule has 1 atom stereocenters. The van der Waals surface area contributed by atoms with Gasteiger partial charge in [0.25, 0.3) is 0 Å². The summed E-state index contributed by atoms with van der Waals surface area (Å²) in [5, 5.41) is 11.7. The molecule has 2 aromatic rings. The molecule has 6 heteroatoms. The number of amides is 1. The molecule has 5 nitrogen and oxygen atoms in total. The molecular weight excluding hydrogens is 374 g/mol. The molecule has 1 amide bonds. The van der Waals surface area contributed by atoms with Gasteiger partial charge in [-0.2, -0.15) is 0 Å². The number of aliphatic carboxylic acids is 1. The zero-order chi connectivity index (χ0) is 20.4. The SMILES string of the molecule is CC(=O)SC[C@@H](Cc1ccccc1)C(=O)Nc1cccc(CCCC(=O)O)c1. The lowest BCUT2D eigenvalue weighted by atomic mass is 10.00. The van der Waals surface area contributed by atoms with Gasteiger partial charge in [-0.15, -0.1) is 0 Å². The standard InChI is InChI=1S/C22H25NO4S/c1-16(24)28-15-19(13-17-7-3-2-4-8-17)22(27)23-20-11-5-9-18(14-20)10-6-12-21(25)26/h2-5,7-9,11,14,19H,6,10,12-13,15H2,1H3,(H,23,27)(H,25,26)/t19-/m1/s1. The van der Waals surface area contributed by atoms with Crippen LogP contribution >= 0.6 is 11.8 Å². The Labute approximate surface area is 169 Å². The van der Waals surface area contributed by atoms with Gasteiger partial charge in [-0.05, 0) is 42.5 Å². The van der Waals surface area contributed by atoms with Crippen molar-refractivity contribution in [2.24, 2.45) is 5.92 Å². The number of benzene rings is 2. The van der Waals surface area contributed by atoms with Crippen LogP contribution in [0.15, 0.2) is 54.6 Å². The van der Waals surface area contributed by atoms with Crippen molar-refractivity contribution in [3.05, 3.63) is 65.7 Å². The lowest BCUT2D eigenvalue weighted by Crippen LogP contribution is -2.27. The van der Waals surface area contributed by atoms with Gasteiger partial charge in [0, 0.05) is 24.8 Å². The minimum atomic E-state index is -0.809. The molecule has 0 aliphatic carbocycles. The van der Waals surface area contributed by atoms with Gasteiger partial charge in [0.1, 0.15) is 0 Å². The number of thioether (sulfide) groups is 1. The third-order valence-corrected chi connectivity index (χ3v) is 5.21. The second-order valence-electron chi connectivity index (χ2n) is 6.63. The van der Waals surface area contributed by atoms with Crippen molar-refractivity contribution in [3.8, 4) is 0 Å². The van der Waals surface area contributed by atoms with Crippen LogP contribution in [0.5, 0.6) is 0 Å². The van der Waals surface area contributed by atoms with Crippen molar-refractivity contribution in [1.82, 2.24) is 0 Å². The molecule has 2 N–H and O–H groups in total.